The Bertz CT molecular complexity index is 397. The van der Waals surface area contributed by atoms with Gasteiger partial charge in [0.1, 0.15) is 6.10 Å². The molecule has 0 aliphatic carbocycles. The van der Waals surface area contributed by atoms with E-state index in [0.29, 0.717) is 6.42 Å². The highest BCUT2D eigenvalue weighted by Gasteiger charge is 2.24. The van der Waals surface area contributed by atoms with Crippen LogP contribution in [0.3, 0.4) is 0 Å². The summed E-state index contributed by atoms with van der Waals surface area (Å²) in [5.74, 6) is -0.364. The predicted molar refractivity (Wildman–Crippen MR) is 64.4 cm³/mol. The van der Waals surface area contributed by atoms with Crippen LogP contribution in [0.25, 0.3) is 0 Å². The molecule has 2 rings (SSSR count). The van der Waals surface area contributed by atoms with Crippen LogP contribution in [0.15, 0.2) is 42.5 Å². The molecule has 1 aromatic rings. The van der Waals surface area contributed by atoms with E-state index in [0.717, 1.165) is 12.8 Å². The lowest BCUT2D eigenvalue weighted by Crippen LogP contribution is -2.25. The Kier molecular flexibility index (Phi) is 3.94. The summed E-state index contributed by atoms with van der Waals surface area (Å²) in [5.41, 5.74) is 1.26. The highest BCUT2D eigenvalue weighted by Crippen LogP contribution is 2.15. The molecule has 0 aromatic heterocycles. The lowest BCUT2D eigenvalue weighted by molar-refractivity contribution is -0.142. The first-order valence-corrected chi connectivity index (χ1v) is 5.86. The van der Waals surface area contributed by atoms with E-state index in [-0.39, 0.29) is 5.97 Å². The van der Waals surface area contributed by atoms with Gasteiger partial charge < -0.3 is 9.84 Å². The van der Waals surface area contributed by atoms with Crippen molar-refractivity contribution in [2.24, 2.45) is 0 Å². The van der Waals surface area contributed by atoms with Crippen LogP contribution in [-0.4, -0.2) is 23.3 Å². The fraction of sp³-hybridized carbons (Fsp3) is 0.357. The number of aliphatic hydroxyl groups excluding tert-OH is 1. The Morgan fingerprint density at radius 2 is 2.06 bits per heavy atom. The van der Waals surface area contributed by atoms with Crippen molar-refractivity contribution in [3.63, 3.8) is 0 Å². The Hall–Kier alpha value is -1.61. The van der Waals surface area contributed by atoms with E-state index < -0.39 is 12.2 Å². The normalized spacial score (nSPS) is 20.3. The maximum Gasteiger partial charge on any atom is 0.331 e. The highest BCUT2D eigenvalue weighted by molar-refractivity contribution is 5.84. The molecular weight excluding hydrogens is 216 g/mol. The lowest BCUT2D eigenvalue weighted by atomic mass is 10.0. The summed E-state index contributed by atoms with van der Waals surface area (Å²) in [7, 11) is 0. The fourth-order valence-corrected chi connectivity index (χ4v) is 1.92. The molecule has 3 nitrogen and oxygen atoms in total. The van der Waals surface area contributed by atoms with Crippen LogP contribution < -0.4 is 0 Å². The standard InChI is InChI=1S/C14H16O3/c15-12(13-9-10-14(16)17-13)8-4-7-11-5-2-1-3-6-11/h1-3,5-6,9-10,12-13,15H,4,7-8H2. The molecule has 1 N–H and O–H groups in total. The molecule has 1 aromatic carbocycles. The zero-order valence-corrected chi connectivity index (χ0v) is 9.58. The van der Waals surface area contributed by atoms with E-state index in [9.17, 15) is 9.90 Å². The first-order valence-electron chi connectivity index (χ1n) is 5.86. The second-order valence-corrected chi connectivity index (χ2v) is 4.21. The molecule has 0 spiro atoms. The minimum atomic E-state index is -0.596. The molecule has 90 valence electrons. The van der Waals surface area contributed by atoms with E-state index in [4.69, 9.17) is 4.74 Å². The van der Waals surface area contributed by atoms with Crippen molar-refractivity contribution in [1.82, 2.24) is 0 Å². The minimum absolute atomic E-state index is 0.364. The largest absolute Gasteiger partial charge is 0.452 e. The summed E-state index contributed by atoms with van der Waals surface area (Å²) >= 11 is 0. The van der Waals surface area contributed by atoms with Crippen LogP contribution in [-0.2, 0) is 16.0 Å². The Balaban J connectivity index is 1.72. The molecule has 17 heavy (non-hydrogen) atoms. The van der Waals surface area contributed by atoms with E-state index in [1.54, 1.807) is 6.08 Å². The number of carbonyl (C=O) groups excluding carboxylic acids is 1. The molecule has 2 atom stereocenters. The van der Waals surface area contributed by atoms with Gasteiger partial charge in [0.15, 0.2) is 0 Å². The van der Waals surface area contributed by atoms with Gasteiger partial charge in [-0.05, 0) is 30.9 Å². The molecule has 0 amide bonds. The van der Waals surface area contributed by atoms with Crippen molar-refractivity contribution in [3.05, 3.63) is 48.0 Å². The number of esters is 1. The van der Waals surface area contributed by atoms with E-state index in [1.807, 2.05) is 18.2 Å². The summed E-state index contributed by atoms with van der Waals surface area (Å²) in [5, 5.41) is 9.82. The smallest absolute Gasteiger partial charge is 0.331 e. The summed E-state index contributed by atoms with van der Waals surface area (Å²) < 4.78 is 4.93. The van der Waals surface area contributed by atoms with Gasteiger partial charge in [0.2, 0.25) is 0 Å². The van der Waals surface area contributed by atoms with Gasteiger partial charge in [-0.2, -0.15) is 0 Å². The second kappa shape index (κ2) is 5.64. The molecule has 0 saturated heterocycles. The maximum atomic E-state index is 10.8. The van der Waals surface area contributed by atoms with Gasteiger partial charge in [-0.3, -0.25) is 0 Å². The third kappa shape index (κ3) is 3.43. The summed E-state index contributed by atoms with van der Waals surface area (Å²) in [6, 6.07) is 10.1. The highest BCUT2D eigenvalue weighted by atomic mass is 16.6. The van der Waals surface area contributed by atoms with Crippen LogP contribution in [0.4, 0.5) is 0 Å². The Morgan fingerprint density at radius 1 is 1.29 bits per heavy atom. The SMILES string of the molecule is O=C1C=CC(C(O)CCCc2ccccc2)O1. The topological polar surface area (TPSA) is 46.5 Å². The fourth-order valence-electron chi connectivity index (χ4n) is 1.92. The number of aliphatic hydroxyl groups is 1. The minimum Gasteiger partial charge on any atom is -0.452 e. The third-order valence-electron chi connectivity index (χ3n) is 2.86. The van der Waals surface area contributed by atoms with Gasteiger partial charge in [0, 0.05) is 6.08 Å². The third-order valence-corrected chi connectivity index (χ3v) is 2.86. The zero-order chi connectivity index (χ0) is 12.1. The first kappa shape index (κ1) is 11.9. The van der Waals surface area contributed by atoms with Crippen molar-refractivity contribution in [1.29, 1.82) is 0 Å². The zero-order valence-electron chi connectivity index (χ0n) is 9.58. The first-order chi connectivity index (χ1) is 8.25. The number of hydrogen-bond donors (Lipinski definition) is 1. The number of hydrogen-bond acceptors (Lipinski definition) is 3. The molecule has 0 saturated carbocycles. The molecule has 2 unspecified atom stereocenters. The van der Waals surface area contributed by atoms with Crippen molar-refractivity contribution in [2.75, 3.05) is 0 Å². The molecule has 0 bridgehead atoms. The number of rotatable bonds is 5. The average Bonchev–Trinajstić information content (AvgIpc) is 2.77. The summed E-state index contributed by atoms with van der Waals surface area (Å²) in [6.07, 6.45) is 4.38. The summed E-state index contributed by atoms with van der Waals surface area (Å²) in [4.78, 5) is 10.8. The maximum absolute atomic E-state index is 10.8. The molecule has 1 aliphatic heterocycles. The molecule has 0 radical (unpaired) electrons. The summed E-state index contributed by atoms with van der Waals surface area (Å²) in [6.45, 7) is 0. The monoisotopic (exact) mass is 232 g/mol. The van der Waals surface area contributed by atoms with E-state index in [2.05, 4.69) is 12.1 Å². The second-order valence-electron chi connectivity index (χ2n) is 4.21. The predicted octanol–water partition coefficient (Wildman–Crippen LogP) is 1.85. The van der Waals surface area contributed by atoms with Gasteiger partial charge >= 0.3 is 5.97 Å². The number of carbonyl (C=O) groups is 1. The van der Waals surface area contributed by atoms with Crippen LogP contribution in [0, 0.1) is 0 Å². The molecular formula is C14H16O3. The number of cyclic esters (lactones) is 1. The van der Waals surface area contributed by atoms with Crippen molar-refractivity contribution >= 4 is 5.97 Å². The van der Waals surface area contributed by atoms with Crippen molar-refractivity contribution in [2.45, 2.75) is 31.5 Å². The van der Waals surface area contributed by atoms with Crippen molar-refractivity contribution in [3.8, 4) is 0 Å². The molecule has 3 heteroatoms. The Labute approximate surface area is 101 Å². The van der Waals surface area contributed by atoms with Gasteiger partial charge in [-0.25, -0.2) is 4.79 Å². The van der Waals surface area contributed by atoms with E-state index in [1.165, 1.54) is 11.6 Å². The van der Waals surface area contributed by atoms with Gasteiger partial charge in [-0.15, -0.1) is 0 Å². The number of benzene rings is 1. The molecule has 1 aliphatic rings. The van der Waals surface area contributed by atoms with Crippen LogP contribution in [0.5, 0.6) is 0 Å². The Morgan fingerprint density at radius 3 is 2.71 bits per heavy atom. The average molecular weight is 232 g/mol. The quantitative estimate of drug-likeness (QED) is 0.788. The van der Waals surface area contributed by atoms with Gasteiger partial charge in [-0.1, -0.05) is 30.3 Å². The van der Waals surface area contributed by atoms with Crippen LogP contribution in [0.1, 0.15) is 18.4 Å². The van der Waals surface area contributed by atoms with Crippen LogP contribution in [0.2, 0.25) is 0 Å². The molecule has 1 heterocycles. The van der Waals surface area contributed by atoms with Crippen molar-refractivity contribution < 1.29 is 14.6 Å². The van der Waals surface area contributed by atoms with Gasteiger partial charge in [0.05, 0.1) is 6.10 Å². The van der Waals surface area contributed by atoms with E-state index >= 15 is 0 Å². The lowest BCUT2D eigenvalue weighted by Gasteiger charge is -2.15. The molecule has 0 fully saturated rings. The van der Waals surface area contributed by atoms with Gasteiger partial charge in [0.25, 0.3) is 0 Å². The number of ether oxygens (including phenoxy) is 1. The van der Waals surface area contributed by atoms with Crippen LogP contribution >= 0.6 is 0 Å². The number of aryl methyl sites for hydroxylation is 1.